The first-order valence-electron chi connectivity index (χ1n) is 9.93. The Kier molecular flexibility index (Phi) is 5.94. The summed E-state index contributed by atoms with van der Waals surface area (Å²) in [6.45, 7) is 2.51. The van der Waals surface area contributed by atoms with Crippen LogP contribution in [-0.4, -0.2) is 17.2 Å². The Labute approximate surface area is 180 Å². The Hall–Kier alpha value is -4.12. The number of nitrogens with zero attached hydrogens (tertiary/aromatic N) is 1. The molecule has 0 saturated carbocycles. The molecule has 4 aromatic carbocycles. The average molecular weight is 410 g/mol. The molecule has 0 atom stereocenters. The number of aryl methyl sites for hydroxylation is 1. The fraction of sp³-hybridized carbons (Fsp3) is 0.0769. The van der Waals surface area contributed by atoms with Crippen molar-refractivity contribution in [2.24, 2.45) is 5.10 Å². The predicted octanol–water partition coefficient (Wildman–Crippen LogP) is 5.20. The van der Waals surface area contributed by atoms with E-state index in [1.54, 1.807) is 30.3 Å². The van der Waals surface area contributed by atoms with Crippen molar-refractivity contribution in [3.63, 3.8) is 0 Å². The smallest absolute Gasteiger partial charge is 0.271 e. The molecule has 4 aromatic rings. The summed E-state index contributed by atoms with van der Waals surface area (Å²) in [5, 5.41) is 16.0. The summed E-state index contributed by atoms with van der Waals surface area (Å²) in [5.74, 6) is 0.439. The first-order valence-corrected chi connectivity index (χ1v) is 9.93. The normalized spacial score (nSPS) is 11.0. The molecule has 0 bridgehead atoms. The molecular weight excluding hydrogens is 388 g/mol. The van der Waals surface area contributed by atoms with E-state index in [2.05, 4.69) is 10.5 Å². The summed E-state index contributed by atoms with van der Waals surface area (Å²) < 4.78 is 5.77. The molecule has 4 rings (SSSR count). The van der Waals surface area contributed by atoms with E-state index < -0.39 is 0 Å². The van der Waals surface area contributed by atoms with Crippen LogP contribution < -0.4 is 10.2 Å². The number of carbonyl (C=O) groups excluding carboxylic acids is 1. The maximum absolute atomic E-state index is 12.4. The quantitative estimate of drug-likeness (QED) is 0.339. The standard InChI is InChI=1S/C26H22N2O3/c1-18-6-8-19(9-7-18)17-31-22-13-10-21(11-14-22)26(30)28-27-16-24-23-5-3-2-4-20(23)12-15-25(24)29/h2-16,29H,17H2,1H3,(H,28,30)/b27-16+. The van der Waals surface area contributed by atoms with E-state index in [0.717, 1.165) is 16.3 Å². The summed E-state index contributed by atoms with van der Waals surface area (Å²) in [6, 6.07) is 26.1. The summed E-state index contributed by atoms with van der Waals surface area (Å²) in [7, 11) is 0. The predicted molar refractivity (Wildman–Crippen MR) is 123 cm³/mol. The monoisotopic (exact) mass is 410 g/mol. The van der Waals surface area contributed by atoms with Gasteiger partial charge in [-0.1, -0.05) is 60.2 Å². The second kappa shape index (κ2) is 9.13. The summed E-state index contributed by atoms with van der Waals surface area (Å²) in [4.78, 5) is 12.4. The number of hydrogen-bond acceptors (Lipinski definition) is 4. The van der Waals surface area contributed by atoms with E-state index in [9.17, 15) is 9.90 Å². The number of amides is 1. The van der Waals surface area contributed by atoms with Crippen molar-refractivity contribution >= 4 is 22.9 Å². The second-order valence-electron chi connectivity index (χ2n) is 7.22. The van der Waals surface area contributed by atoms with Crippen LogP contribution in [-0.2, 0) is 6.61 Å². The van der Waals surface area contributed by atoms with E-state index in [1.165, 1.54) is 11.8 Å². The molecule has 0 aliphatic rings. The zero-order valence-electron chi connectivity index (χ0n) is 17.1. The van der Waals surface area contributed by atoms with E-state index >= 15 is 0 Å². The van der Waals surface area contributed by atoms with Gasteiger partial charge in [-0.2, -0.15) is 5.10 Å². The van der Waals surface area contributed by atoms with Gasteiger partial charge in [-0.15, -0.1) is 0 Å². The first-order chi connectivity index (χ1) is 15.1. The van der Waals surface area contributed by atoms with E-state index in [4.69, 9.17) is 4.74 Å². The zero-order valence-corrected chi connectivity index (χ0v) is 17.1. The van der Waals surface area contributed by atoms with Crippen molar-refractivity contribution in [1.29, 1.82) is 0 Å². The first kappa shape index (κ1) is 20.2. The number of phenolic OH excluding ortho intramolecular Hbond substituents is 1. The van der Waals surface area contributed by atoms with Crippen LogP contribution in [0.2, 0.25) is 0 Å². The Morgan fingerprint density at radius 3 is 2.48 bits per heavy atom. The highest BCUT2D eigenvalue weighted by Gasteiger charge is 2.07. The van der Waals surface area contributed by atoms with Gasteiger partial charge in [-0.25, -0.2) is 5.43 Å². The minimum Gasteiger partial charge on any atom is -0.507 e. The molecule has 0 aliphatic carbocycles. The number of ether oxygens (including phenoxy) is 1. The molecule has 0 heterocycles. The Morgan fingerprint density at radius 2 is 1.71 bits per heavy atom. The van der Waals surface area contributed by atoms with E-state index in [0.29, 0.717) is 23.5 Å². The lowest BCUT2D eigenvalue weighted by atomic mass is 10.0. The highest BCUT2D eigenvalue weighted by Crippen LogP contribution is 2.25. The van der Waals surface area contributed by atoms with Gasteiger partial charge < -0.3 is 9.84 Å². The van der Waals surface area contributed by atoms with Crippen LogP contribution in [0.15, 0.2) is 90.0 Å². The summed E-state index contributed by atoms with van der Waals surface area (Å²) in [6.07, 6.45) is 1.45. The van der Waals surface area contributed by atoms with Crippen molar-refractivity contribution in [3.8, 4) is 11.5 Å². The van der Waals surface area contributed by atoms with Gasteiger partial charge in [0.15, 0.2) is 0 Å². The summed E-state index contributed by atoms with van der Waals surface area (Å²) in [5.41, 5.74) is 5.80. The lowest BCUT2D eigenvalue weighted by molar-refractivity contribution is 0.0955. The van der Waals surface area contributed by atoms with E-state index in [1.807, 2.05) is 61.5 Å². The maximum Gasteiger partial charge on any atom is 0.271 e. The third kappa shape index (κ3) is 4.90. The van der Waals surface area contributed by atoms with Crippen LogP contribution in [0.1, 0.15) is 27.0 Å². The minimum atomic E-state index is -0.346. The maximum atomic E-state index is 12.4. The molecule has 2 N–H and O–H groups in total. The molecule has 154 valence electrons. The molecule has 5 nitrogen and oxygen atoms in total. The molecule has 0 aromatic heterocycles. The van der Waals surface area contributed by atoms with Crippen molar-refractivity contribution in [2.75, 3.05) is 0 Å². The van der Waals surface area contributed by atoms with E-state index in [-0.39, 0.29) is 11.7 Å². The number of phenols is 1. The third-order valence-corrected chi connectivity index (χ3v) is 4.95. The van der Waals surface area contributed by atoms with Crippen LogP contribution in [0, 0.1) is 6.92 Å². The molecule has 5 heteroatoms. The Balaban J connectivity index is 1.38. The highest BCUT2D eigenvalue weighted by molar-refractivity contribution is 6.03. The second-order valence-corrected chi connectivity index (χ2v) is 7.22. The van der Waals surface area contributed by atoms with Crippen LogP contribution in [0.5, 0.6) is 11.5 Å². The molecule has 31 heavy (non-hydrogen) atoms. The number of benzene rings is 4. The number of fused-ring (bicyclic) bond motifs is 1. The largest absolute Gasteiger partial charge is 0.507 e. The van der Waals surface area contributed by atoms with Gasteiger partial charge in [-0.3, -0.25) is 4.79 Å². The molecule has 0 saturated heterocycles. The topological polar surface area (TPSA) is 70.9 Å². The zero-order chi connectivity index (χ0) is 21.6. The van der Waals surface area contributed by atoms with Gasteiger partial charge in [0.1, 0.15) is 18.1 Å². The van der Waals surface area contributed by atoms with Gasteiger partial charge in [0.2, 0.25) is 0 Å². The van der Waals surface area contributed by atoms with Crippen LogP contribution >= 0.6 is 0 Å². The van der Waals surface area contributed by atoms with Crippen molar-refractivity contribution in [2.45, 2.75) is 13.5 Å². The minimum absolute atomic E-state index is 0.103. The number of aromatic hydroxyl groups is 1. The number of hydrazone groups is 1. The Bertz CT molecular complexity index is 1230. The lowest BCUT2D eigenvalue weighted by Crippen LogP contribution is -2.17. The SMILES string of the molecule is Cc1ccc(COc2ccc(C(=O)N/N=C/c3c(O)ccc4ccccc34)cc2)cc1. The van der Waals surface area contributed by atoms with Crippen LogP contribution in [0.25, 0.3) is 10.8 Å². The van der Waals surface area contributed by atoms with Gasteiger partial charge in [0.25, 0.3) is 5.91 Å². The van der Waals surface area contributed by atoms with Gasteiger partial charge in [-0.05, 0) is 53.6 Å². The lowest BCUT2D eigenvalue weighted by Gasteiger charge is -2.07. The van der Waals surface area contributed by atoms with Crippen LogP contribution in [0.4, 0.5) is 0 Å². The fourth-order valence-electron chi connectivity index (χ4n) is 3.19. The molecule has 1 amide bonds. The molecule has 0 unspecified atom stereocenters. The van der Waals surface area contributed by atoms with Gasteiger partial charge >= 0.3 is 0 Å². The number of rotatable bonds is 6. The van der Waals surface area contributed by atoms with Crippen molar-refractivity contribution in [3.05, 3.63) is 107 Å². The van der Waals surface area contributed by atoms with Gasteiger partial charge in [0, 0.05) is 11.1 Å². The number of hydrogen-bond donors (Lipinski definition) is 2. The number of nitrogens with one attached hydrogen (secondary N) is 1. The van der Waals surface area contributed by atoms with Crippen molar-refractivity contribution in [1.82, 2.24) is 5.43 Å². The number of carbonyl (C=O) groups is 1. The van der Waals surface area contributed by atoms with Crippen LogP contribution in [0.3, 0.4) is 0 Å². The fourth-order valence-corrected chi connectivity index (χ4v) is 3.19. The van der Waals surface area contributed by atoms with Gasteiger partial charge in [0.05, 0.1) is 6.21 Å². The Morgan fingerprint density at radius 1 is 0.968 bits per heavy atom. The molecular formula is C26H22N2O3. The highest BCUT2D eigenvalue weighted by atomic mass is 16.5. The molecule has 0 spiro atoms. The molecule has 0 radical (unpaired) electrons. The average Bonchev–Trinajstić information content (AvgIpc) is 2.80. The van der Waals surface area contributed by atoms with Crippen molar-refractivity contribution < 1.29 is 14.6 Å². The summed E-state index contributed by atoms with van der Waals surface area (Å²) >= 11 is 0. The molecule has 0 aliphatic heterocycles. The molecule has 0 fully saturated rings. The third-order valence-electron chi connectivity index (χ3n) is 4.95.